The fourth-order valence-corrected chi connectivity index (χ4v) is 2.99. The van der Waals surface area contributed by atoms with Crippen molar-refractivity contribution in [3.63, 3.8) is 0 Å². The van der Waals surface area contributed by atoms with Gasteiger partial charge < -0.3 is 10.1 Å². The smallest absolute Gasteiger partial charge is 0.0805 e. The molecule has 0 aromatic carbocycles. The van der Waals surface area contributed by atoms with Crippen LogP contribution in [0.2, 0.25) is 0 Å². The summed E-state index contributed by atoms with van der Waals surface area (Å²) >= 11 is 0. The highest BCUT2D eigenvalue weighted by molar-refractivity contribution is 4.94. The molecule has 1 unspecified atom stereocenters. The monoisotopic (exact) mass is 226 g/mol. The highest BCUT2D eigenvalue weighted by Crippen LogP contribution is 2.35. The Morgan fingerprint density at radius 2 is 2.25 bits per heavy atom. The van der Waals surface area contributed by atoms with Gasteiger partial charge in [-0.2, -0.15) is 0 Å². The molecule has 94 valence electrons. The molecule has 0 radical (unpaired) electrons. The third-order valence-electron chi connectivity index (χ3n) is 4.19. The van der Waals surface area contributed by atoms with Crippen LogP contribution in [0.4, 0.5) is 0 Å². The van der Waals surface area contributed by atoms with Gasteiger partial charge in [0.1, 0.15) is 0 Å². The summed E-state index contributed by atoms with van der Waals surface area (Å²) in [6.07, 6.45) is 6.44. The highest BCUT2D eigenvalue weighted by Gasteiger charge is 2.39. The van der Waals surface area contributed by atoms with Crippen molar-refractivity contribution in [1.29, 1.82) is 0 Å². The van der Waals surface area contributed by atoms with Gasteiger partial charge in [-0.3, -0.25) is 4.90 Å². The Morgan fingerprint density at radius 3 is 2.81 bits per heavy atom. The minimum absolute atomic E-state index is 0.202. The van der Waals surface area contributed by atoms with E-state index in [1.165, 1.54) is 45.2 Å². The first-order valence-electron chi connectivity index (χ1n) is 6.79. The molecule has 2 fully saturated rings. The number of rotatable bonds is 5. The van der Waals surface area contributed by atoms with Crippen LogP contribution in [0.5, 0.6) is 0 Å². The molecule has 3 nitrogen and oxygen atoms in total. The van der Waals surface area contributed by atoms with Crippen molar-refractivity contribution in [3.8, 4) is 0 Å². The van der Waals surface area contributed by atoms with Crippen LogP contribution in [0.3, 0.4) is 0 Å². The summed E-state index contributed by atoms with van der Waals surface area (Å²) in [6, 6.07) is 0.702. The van der Waals surface area contributed by atoms with Crippen molar-refractivity contribution in [2.24, 2.45) is 0 Å². The van der Waals surface area contributed by atoms with E-state index >= 15 is 0 Å². The fourth-order valence-electron chi connectivity index (χ4n) is 2.99. The van der Waals surface area contributed by atoms with Crippen LogP contribution in [-0.2, 0) is 4.74 Å². The highest BCUT2D eigenvalue weighted by atomic mass is 16.5. The van der Waals surface area contributed by atoms with Crippen molar-refractivity contribution in [2.45, 2.75) is 50.7 Å². The van der Waals surface area contributed by atoms with Gasteiger partial charge in [0.15, 0.2) is 0 Å². The summed E-state index contributed by atoms with van der Waals surface area (Å²) < 4.78 is 5.71. The van der Waals surface area contributed by atoms with Gasteiger partial charge in [0, 0.05) is 39.3 Å². The number of hydrogen-bond donors (Lipinski definition) is 1. The van der Waals surface area contributed by atoms with Gasteiger partial charge in [0.2, 0.25) is 0 Å². The van der Waals surface area contributed by atoms with Crippen LogP contribution in [-0.4, -0.2) is 49.8 Å². The number of ether oxygens (including phenoxy) is 1. The Labute approximate surface area is 99.5 Å². The largest absolute Gasteiger partial charge is 0.377 e. The molecule has 2 rings (SSSR count). The second-order valence-electron chi connectivity index (χ2n) is 5.42. The molecule has 16 heavy (non-hydrogen) atoms. The van der Waals surface area contributed by atoms with Crippen LogP contribution in [0.15, 0.2) is 0 Å². The molecule has 1 saturated carbocycles. The normalized spacial score (nSPS) is 30.0. The van der Waals surface area contributed by atoms with E-state index in [-0.39, 0.29) is 5.60 Å². The number of nitrogens with zero attached hydrogens (tertiary/aromatic N) is 1. The maximum atomic E-state index is 5.71. The molecule has 1 aliphatic heterocycles. The summed E-state index contributed by atoms with van der Waals surface area (Å²) in [5, 5.41) is 3.61. The minimum atomic E-state index is 0.202. The second-order valence-corrected chi connectivity index (χ2v) is 5.42. The Morgan fingerprint density at radius 1 is 1.44 bits per heavy atom. The van der Waals surface area contributed by atoms with Crippen molar-refractivity contribution in [2.75, 3.05) is 33.3 Å². The van der Waals surface area contributed by atoms with Crippen molar-refractivity contribution >= 4 is 0 Å². The van der Waals surface area contributed by atoms with Gasteiger partial charge >= 0.3 is 0 Å². The van der Waals surface area contributed by atoms with E-state index in [2.05, 4.69) is 17.1 Å². The maximum absolute atomic E-state index is 5.71. The van der Waals surface area contributed by atoms with Crippen LogP contribution in [0.25, 0.3) is 0 Å². The van der Waals surface area contributed by atoms with Crippen LogP contribution in [0.1, 0.15) is 39.0 Å². The molecule has 0 amide bonds. The average Bonchev–Trinajstić information content (AvgIpc) is 2.25. The predicted octanol–water partition coefficient (Wildman–Crippen LogP) is 1.63. The molecule has 3 heteroatoms. The van der Waals surface area contributed by atoms with E-state index in [9.17, 15) is 0 Å². The first kappa shape index (κ1) is 12.3. The molecule has 0 aromatic rings. The van der Waals surface area contributed by atoms with Crippen molar-refractivity contribution in [1.82, 2.24) is 10.2 Å². The predicted molar refractivity (Wildman–Crippen MR) is 66.7 cm³/mol. The van der Waals surface area contributed by atoms with Crippen molar-refractivity contribution < 1.29 is 4.74 Å². The Balaban J connectivity index is 1.80. The molecule has 2 aliphatic rings. The van der Waals surface area contributed by atoms with E-state index < -0.39 is 0 Å². The van der Waals surface area contributed by atoms with Gasteiger partial charge in [0.25, 0.3) is 0 Å². The van der Waals surface area contributed by atoms with Crippen LogP contribution >= 0.6 is 0 Å². The summed E-state index contributed by atoms with van der Waals surface area (Å²) in [7, 11) is 1.88. The average molecular weight is 226 g/mol. The molecule has 0 aromatic heterocycles. The molecule has 1 saturated heterocycles. The van der Waals surface area contributed by atoms with E-state index in [1.807, 2.05) is 7.11 Å². The van der Waals surface area contributed by atoms with E-state index in [0.717, 1.165) is 13.1 Å². The van der Waals surface area contributed by atoms with Gasteiger partial charge in [-0.1, -0.05) is 13.3 Å². The summed E-state index contributed by atoms with van der Waals surface area (Å²) in [6.45, 7) is 6.95. The second kappa shape index (κ2) is 5.48. The molecular formula is C13H26N2O. The van der Waals surface area contributed by atoms with Gasteiger partial charge in [-0.25, -0.2) is 0 Å². The van der Waals surface area contributed by atoms with Crippen LogP contribution < -0.4 is 5.32 Å². The fraction of sp³-hybridized carbons (Fsp3) is 1.00. The Hall–Kier alpha value is -0.120. The first-order chi connectivity index (χ1) is 7.78. The Kier molecular flexibility index (Phi) is 4.22. The van der Waals surface area contributed by atoms with Gasteiger partial charge in [-0.05, 0) is 25.7 Å². The number of hydrogen-bond acceptors (Lipinski definition) is 3. The number of piperazine rings is 1. The molecular weight excluding hydrogens is 200 g/mol. The molecule has 1 aliphatic carbocycles. The first-order valence-corrected chi connectivity index (χ1v) is 6.79. The van der Waals surface area contributed by atoms with E-state index in [0.29, 0.717) is 6.04 Å². The van der Waals surface area contributed by atoms with E-state index in [1.54, 1.807) is 0 Å². The standard InChI is InChI=1S/C13H26N2O/c1-3-5-12-10-15(9-8-14-12)11-13(16-2)6-4-7-13/h12,14H,3-11H2,1-2H3. The Bertz CT molecular complexity index is 208. The molecule has 0 bridgehead atoms. The zero-order valence-corrected chi connectivity index (χ0v) is 10.8. The third-order valence-corrected chi connectivity index (χ3v) is 4.19. The van der Waals surface area contributed by atoms with Gasteiger partial charge in [-0.15, -0.1) is 0 Å². The van der Waals surface area contributed by atoms with Gasteiger partial charge in [0.05, 0.1) is 5.60 Å². The lowest BCUT2D eigenvalue weighted by atomic mass is 9.79. The van der Waals surface area contributed by atoms with E-state index in [4.69, 9.17) is 4.74 Å². The quantitative estimate of drug-likeness (QED) is 0.771. The van der Waals surface area contributed by atoms with Crippen LogP contribution in [0, 0.1) is 0 Å². The molecule has 1 heterocycles. The molecule has 0 spiro atoms. The zero-order chi connectivity index (χ0) is 11.4. The summed E-state index contributed by atoms with van der Waals surface area (Å²) in [5.41, 5.74) is 0.202. The molecule has 1 N–H and O–H groups in total. The molecule has 1 atom stereocenters. The minimum Gasteiger partial charge on any atom is -0.377 e. The lowest BCUT2D eigenvalue weighted by molar-refractivity contribution is -0.0943. The lowest BCUT2D eigenvalue weighted by Crippen LogP contribution is -2.57. The number of methoxy groups -OCH3 is 1. The maximum Gasteiger partial charge on any atom is 0.0805 e. The topological polar surface area (TPSA) is 24.5 Å². The summed E-state index contributed by atoms with van der Waals surface area (Å²) in [5.74, 6) is 0. The van der Waals surface area contributed by atoms with Crippen molar-refractivity contribution in [3.05, 3.63) is 0 Å². The lowest BCUT2D eigenvalue weighted by Gasteiger charge is -2.46. The summed E-state index contributed by atoms with van der Waals surface area (Å²) in [4.78, 5) is 2.60. The number of nitrogens with one attached hydrogen (secondary N) is 1. The SMILES string of the molecule is CCCC1CN(CC2(OC)CCC2)CCN1. The zero-order valence-electron chi connectivity index (χ0n) is 10.8. The third kappa shape index (κ3) is 2.76.